The van der Waals surface area contributed by atoms with Crippen LogP contribution in [-0.2, 0) is 14.5 Å². The van der Waals surface area contributed by atoms with Gasteiger partial charge in [0.15, 0.2) is 6.10 Å². The Balaban J connectivity index is 1.77. The van der Waals surface area contributed by atoms with E-state index in [0.29, 0.717) is 18.6 Å². The quantitative estimate of drug-likeness (QED) is 0.314. The van der Waals surface area contributed by atoms with Gasteiger partial charge in [0, 0.05) is 23.2 Å². The maximum atomic E-state index is 12.1. The van der Waals surface area contributed by atoms with Crippen molar-refractivity contribution in [3.8, 4) is 0 Å². The third kappa shape index (κ3) is 2.04. The number of fused-ring (bicyclic) bond motifs is 2. The maximum Gasteiger partial charge on any atom is 0.207 e. The molecule has 6 rings (SSSR count). The van der Waals surface area contributed by atoms with Crippen molar-refractivity contribution in [2.45, 2.75) is 76.7 Å². The molecule has 164 valence electrons. The first-order valence-corrected chi connectivity index (χ1v) is 11.0. The summed E-state index contributed by atoms with van der Waals surface area (Å²) < 4.78 is 6.13. The lowest BCUT2D eigenvalue weighted by Gasteiger charge is -2.75. The molecule has 6 fully saturated rings. The lowest BCUT2D eigenvalue weighted by molar-refractivity contribution is -0.515. The predicted octanol–water partition coefficient (Wildman–Crippen LogP) is 1.14. The first-order valence-electron chi connectivity index (χ1n) is 11.0. The Morgan fingerprint density at radius 2 is 1.90 bits per heavy atom. The average molecular weight is 411 g/mol. The molecule has 4 saturated carbocycles. The number of ether oxygens (including phenoxy) is 1. The molecule has 2 heterocycles. The molecule has 0 aromatic heterocycles. The maximum absolute atomic E-state index is 12.1. The second-order valence-electron chi connectivity index (χ2n) is 10.7. The molecule has 2 spiro atoms. The van der Waals surface area contributed by atoms with Crippen molar-refractivity contribution in [2.24, 2.45) is 34.0 Å². The van der Waals surface area contributed by atoms with E-state index in [9.17, 15) is 20.4 Å². The molecule has 0 amide bonds. The second kappa shape index (κ2) is 6.03. The summed E-state index contributed by atoms with van der Waals surface area (Å²) in [7, 11) is 0. The molecule has 0 radical (unpaired) electrons. The second-order valence-corrected chi connectivity index (χ2v) is 10.7. The molecule has 4 aliphatic carbocycles. The zero-order valence-corrected chi connectivity index (χ0v) is 17.5. The van der Waals surface area contributed by atoms with E-state index in [0.717, 1.165) is 19.3 Å². The van der Waals surface area contributed by atoms with Crippen LogP contribution in [-0.4, -0.2) is 63.8 Å². The topological polar surface area (TPSA) is 109 Å². The molecule has 0 aromatic rings. The van der Waals surface area contributed by atoms with Gasteiger partial charge >= 0.3 is 0 Å². The van der Waals surface area contributed by atoms with E-state index >= 15 is 0 Å². The molecule has 0 aromatic carbocycles. The molecule has 4 N–H and O–H groups in total. The zero-order valence-electron chi connectivity index (χ0n) is 17.5. The standard InChI is InChI=1S/C22H34O7/c1-5-28-29-18-15-19(3,4)7-6-8-20(15)10-27-22(18,26)21-14(20)13(23)9-12(17(21)25)11(2)16(21)24/h12-18,23-26H,2,5-10H2,1,3-4H3/t12-,13-,14?,15?,16+,17+,18-,20+,21-,22-/m0/s1. The fourth-order valence-corrected chi connectivity index (χ4v) is 8.51. The summed E-state index contributed by atoms with van der Waals surface area (Å²) >= 11 is 0. The van der Waals surface area contributed by atoms with Crippen LogP contribution in [0.3, 0.4) is 0 Å². The van der Waals surface area contributed by atoms with E-state index in [-0.39, 0.29) is 17.9 Å². The molecule has 2 unspecified atom stereocenters. The number of hydrogen-bond donors (Lipinski definition) is 4. The molecular weight excluding hydrogens is 376 g/mol. The Hall–Kier alpha value is -0.540. The number of aliphatic hydroxyl groups is 4. The van der Waals surface area contributed by atoms with Crippen LogP contribution in [0.1, 0.15) is 46.5 Å². The summed E-state index contributed by atoms with van der Waals surface area (Å²) in [6.07, 6.45) is -0.888. The summed E-state index contributed by atoms with van der Waals surface area (Å²) in [4.78, 5) is 11.2. The van der Waals surface area contributed by atoms with Gasteiger partial charge in [0.1, 0.15) is 0 Å². The van der Waals surface area contributed by atoms with E-state index in [1.54, 1.807) is 6.92 Å². The fourth-order valence-electron chi connectivity index (χ4n) is 8.51. The monoisotopic (exact) mass is 410 g/mol. The highest BCUT2D eigenvalue weighted by Gasteiger charge is 2.87. The Labute approximate surface area is 171 Å². The van der Waals surface area contributed by atoms with Gasteiger partial charge < -0.3 is 25.2 Å². The first-order chi connectivity index (χ1) is 13.6. The Morgan fingerprint density at radius 3 is 2.59 bits per heavy atom. The van der Waals surface area contributed by atoms with E-state index in [4.69, 9.17) is 14.5 Å². The van der Waals surface area contributed by atoms with E-state index < -0.39 is 52.9 Å². The summed E-state index contributed by atoms with van der Waals surface area (Å²) in [6, 6.07) is 0. The van der Waals surface area contributed by atoms with Crippen LogP contribution in [0.4, 0.5) is 0 Å². The van der Waals surface area contributed by atoms with Gasteiger partial charge in [0.2, 0.25) is 5.79 Å². The Kier molecular flexibility index (Phi) is 4.24. The lowest BCUT2D eigenvalue weighted by atomic mass is 9.35. The highest BCUT2D eigenvalue weighted by Crippen LogP contribution is 2.77. The Morgan fingerprint density at radius 1 is 1.17 bits per heavy atom. The smallest absolute Gasteiger partial charge is 0.207 e. The minimum absolute atomic E-state index is 0.149. The van der Waals surface area contributed by atoms with E-state index in [2.05, 4.69) is 20.4 Å². The van der Waals surface area contributed by atoms with Crippen molar-refractivity contribution in [1.82, 2.24) is 0 Å². The van der Waals surface area contributed by atoms with Gasteiger partial charge in [-0.1, -0.05) is 26.8 Å². The minimum atomic E-state index is -1.99. The average Bonchev–Trinajstić information content (AvgIpc) is 2.77. The molecule has 4 bridgehead atoms. The van der Waals surface area contributed by atoms with Gasteiger partial charge in [0.05, 0.1) is 36.9 Å². The molecule has 7 nitrogen and oxygen atoms in total. The molecule has 2 saturated heterocycles. The van der Waals surface area contributed by atoms with Gasteiger partial charge in [-0.05, 0) is 37.2 Å². The molecule has 2 aliphatic heterocycles. The van der Waals surface area contributed by atoms with Crippen LogP contribution in [0.5, 0.6) is 0 Å². The van der Waals surface area contributed by atoms with Crippen LogP contribution in [0.25, 0.3) is 0 Å². The molecule has 7 heteroatoms. The normalized spacial score (nSPS) is 57.5. The molecular formula is C22H34O7. The van der Waals surface area contributed by atoms with Gasteiger partial charge in [-0.2, -0.15) is 0 Å². The highest BCUT2D eigenvalue weighted by molar-refractivity contribution is 5.38. The van der Waals surface area contributed by atoms with Crippen LogP contribution in [0.15, 0.2) is 12.2 Å². The van der Waals surface area contributed by atoms with E-state index in [1.807, 2.05) is 0 Å². The van der Waals surface area contributed by atoms with Crippen molar-refractivity contribution in [2.75, 3.05) is 13.2 Å². The molecule has 29 heavy (non-hydrogen) atoms. The predicted molar refractivity (Wildman–Crippen MR) is 102 cm³/mol. The summed E-state index contributed by atoms with van der Waals surface area (Å²) in [6.45, 7) is 10.7. The largest absolute Gasteiger partial charge is 0.393 e. The van der Waals surface area contributed by atoms with Gasteiger partial charge in [-0.25, -0.2) is 9.78 Å². The number of hydrogen-bond acceptors (Lipinski definition) is 7. The van der Waals surface area contributed by atoms with Crippen LogP contribution < -0.4 is 0 Å². The minimum Gasteiger partial charge on any atom is -0.393 e. The summed E-state index contributed by atoms with van der Waals surface area (Å²) in [5, 5.41) is 46.3. The van der Waals surface area contributed by atoms with E-state index in [1.165, 1.54) is 0 Å². The molecule has 10 atom stereocenters. The third-order valence-corrected chi connectivity index (χ3v) is 9.25. The van der Waals surface area contributed by atoms with Gasteiger partial charge in [-0.15, -0.1) is 0 Å². The SMILES string of the molecule is C=C1[C@@H](O)[C@@]23C([C@@H](O)C[C@@H]1[C@H]2O)[C@]12CCCC(C)(C)C1[C@H](OOCC)[C@]3(O)OC2. The van der Waals surface area contributed by atoms with Crippen molar-refractivity contribution < 1.29 is 34.9 Å². The summed E-state index contributed by atoms with van der Waals surface area (Å²) in [5.74, 6) is -3.14. The first kappa shape index (κ1) is 20.4. The van der Waals surface area contributed by atoms with Crippen LogP contribution in [0, 0.1) is 34.0 Å². The van der Waals surface area contributed by atoms with Crippen LogP contribution >= 0.6 is 0 Å². The van der Waals surface area contributed by atoms with Crippen molar-refractivity contribution in [1.29, 1.82) is 0 Å². The van der Waals surface area contributed by atoms with Crippen molar-refractivity contribution in [3.05, 3.63) is 12.2 Å². The number of aliphatic hydroxyl groups excluding tert-OH is 3. The van der Waals surface area contributed by atoms with Crippen molar-refractivity contribution >= 4 is 0 Å². The molecule has 6 aliphatic rings. The van der Waals surface area contributed by atoms with Gasteiger partial charge in [0.25, 0.3) is 0 Å². The fraction of sp³-hybridized carbons (Fsp3) is 0.909. The summed E-state index contributed by atoms with van der Waals surface area (Å²) in [5.41, 5.74) is -1.76. The zero-order chi connectivity index (χ0) is 21.0. The Bertz CT molecular complexity index is 724. The highest BCUT2D eigenvalue weighted by atomic mass is 17.2. The van der Waals surface area contributed by atoms with Crippen molar-refractivity contribution in [3.63, 3.8) is 0 Å². The lowest BCUT2D eigenvalue weighted by Crippen LogP contribution is -2.86. The third-order valence-electron chi connectivity index (χ3n) is 9.25. The number of rotatable bonds is 3. The van der Waals surface area contributed by atoms with Gasteiger partial charge in [-0.3, -0.25) is 0 Å². The van der Waals surface area contributed by atoms with Crippen LogP contribution in [0.2, 0.25) is 0 Å².